The number of aromatic amines is 1. The summed E-state index contributed by atoms with van der Waals surface area (Å²) in [6.07, 6.45) is 5.40. The van der Waals surface area contributed by atoms with E-state index < -0.39 is 29.7 Å². The fraction of sp³-hybridized carbons (Fsp3) is 0.531. The van der Waals surface area contributed by atoms with Crippen molar-refractivity contribution in [2.45, 2.75) is 83.6 Å². The van der Waals surface area contributed by atoms with Gasteiger partial charge >= 0.3 is 6.09 Å². The van der Waals surface area contributed by atoms with Crippen LogP contribution in [0.25, 0.3) is 10.9 Å². The number of carbonyl (C=O) groups excluding carboxylic acids is 3. The zero-order valence-corrected chi connectivity index (χ0v) is 26.4. The summed E-state index contributed by atoms with van der Waals surface area (Å²) >= 11 is 0. The van der Waals surface area contributed by atoms with Crippen molar-refractivity contribution in [3.05, 3.63) is 54.2 Å². The van der Waals surface area contributed by atoms with Gasteiger partial charge in [-0.05, 0) is 69.9 Å². The maximum Gasteiger partial charge on any atom is 0.410 e. The molecule has 2 saturated heterocycles. The highest BCUT2D eigenvalue weighted by molar-refractivity contribution is 5.92. The first-order valence-electron chi connectivity index (χ1n) is 15.1. The highest BCUT2D eigenvalue weighted by atomic mass is 19.1. The maximum atomic E-state index is 14.3. The Morgan fingerprint density at radius 2 is 1.86 bits per heavy atom. The molecule has 0 aliphatic carbocycles. The van der Waals surface area contributed by atoms with E-state index in [1.54, 1.807) is 52.2 Å². The third kappa shape index (κ3) is 6.07. The molecule has 2 aromatic heterocycles. The lowest BCUT2D eigenvalue weighted by atomic mass is 9.90. The van der Waals surface area contributed by atoms with Crippen molar-refractivity contribution in [3.63, 3.8) is 0 Å². The third-order valence-electron chi connectivity index (χ3n) is 8.67. The van der Waals surface area contributed by atoms with E-state index in [-0.39, 0.29) is 35.6 Å². The molecule has 2 fully saturated rings. The molecule has 2 aliphatic rings. The molecule has 3 aromatic rings. The van der Waals surface area contributed by atoms with Gasteiger partial charge in [-0.25, -0.2) is 19.2 Å². The van der Waals surface area contributed by atoms with Gasteiger partial charge in [0.25, 0.3) is 0 Å². The Morgan fingerprint density at radius 3 is 2.52 bits per heavy atom. The van der Waals surface area contributed by atoms with Crippen molar-refractivity contribution in [3.8, 4) is 0 Å². The summed E-state index contributed by atoms with van der Waals surface area (Å²) in [7, 11) is 1.51. The molecule has 3 amide bonds. The van der Waals surface area contributed by atoms with E-state index in [9.17, 15) is 18.8 Å². The number of fused-ring (bicyclic) bond motifs is 2. The van der Waals surface area contributed by atoms with E-state index in [2.05, 4.69) is 25.2 Å². The molecule has 0 spiro atoms. The van der Waals surface area contributed by atoms with Crippen LogP contribution < -0.4 is 10.2 Å². The standard InChI is InChI=1S/C32H42FN7O4/c1-18(2)26(37-28(41)19(3)38(7)31(43)44-32(4,5)6)29(42)39-14-11-25-27(39)23(17-40(25)30-34-12-8-13-35-30)22-16-36-24-15-20(33)9-10-21(22)24/h8-10,12-13,15-16,18-19,23,25-27,36H,11,14,17H2,1-7H3,(H,37,41)/t19-,23+,25+,26?,27+/m0/s1. The molecule has 4 heterocycles. The summed E-state index contributed by atoms with van der Waals surface area (Å²) in [5.41, 5.74) is 0.975. The molecule has 11 nitrogen and oxygen atoms in total. The largest absolute Gasteiger partial charge is 0.444 e. The zero-order chi connectivity index (χ0) is 31.9. The van der Waals surface area contributed by atoms with Gasteiger partial charge in [0.15, 0.2) is 0 Å². The molecule has 2 N–H and O–H groups in total. The average molecular weight is 608 g/mol. The summed E-state index contributed by atoms with van der Waals surface area (Å²) in [5.74, 6) is -0.682. The second kappa shape index (κ2) is 12.0. The Bertz CT molecular complexity index is 1520. The van der Waals surface area contributed by atoms with Crippen LogP contribution in [0.1, 0.15) is 59.4 Å². The van der Waals surface area contributed by atoms with E-state index in [1.807, 2.05) is 24.9 Å². The second-order valence-corrected chi connectivity index (χ2v) is 13.1. The normalized spacial score (nSPS) is 21.3. The Kier molecular flexibility index (Phi) is 8.55. The second-order valence-electron chi connectivity index (χ2n) is 13.1. The van der Waals surface area contributed by atoms with E-state index in [1.165, 1.54) is 24.1 Å². The van der Waals surface area contributed by atoms with Crippen molar-refractivity contribution in [1.29, 1.82) is 0 Å². The lowest BCUT2D eigenvalue weighted by molar-refractivity contribution is -0.139. The number of nitrogens with zero attached hydrogens (tertiary/aromatic N) is 5. The van der Waals surface area contributed by atoms with Crippen LogP contribution in [0.2, 0.25) is 0 Å². The highest BCUT2D eigenvalue weighted by Crippen LogP contribution is 2.44. The minimum absolute atomic E-state index is 0.0440. The number of nitrogens with one attached hydrogen (secondary N) is 2. The Balaban J connectivity index is 1.42. The van der Waals surface area contributed by atoms with Gasteiger partial charge < -0.3 is 24.8 Å². The van der Waals surface area contributed by atoms with Gasteiger partial charge in [0.1, 0.15) is 23.5 Å². The molecular formula is C32H42FN7O4. The number of likely N-dealkylation sites (tertiary alicyclic amines) is 1. The molecule has 0 radical (unpaired) electrons. The number of anilines is 1. The molecular weight excluding hydrogens is 565 g/mol. The molecule has 1 unspecified atom stereocenters. The van der Waals surface area contributed by atoms with Crippen LogP contribution in [-0.2, 0) is 14.3 Å². The van der Waals surface area contributed by atoms with Crippen LogP contribution in [0.5, 0.6) is 0 Å². The van der Waals surface area contributed by atoms with E-state index in [4.69, 9.17) is 4.74 Å². The van der Waals surface area contributed by atoms with Gasteiger partial charge in [0.2, 0.25) is 17.8 Å². The minimum Gasteiger partial charge on any atom is -0.444 e. The van der Waals surface area contributed by atoms with E-state index in [0.717, 1.165) is 10.9 Å². The quantitative estimate of drug-likeness (QED) is 0.415. The van der Waals surface area contributed by atoms with E-state index in [0.29, 0.717) is 31.0 Å². The van der Waals surface area contributed by atoms with Crippen molar-refractivity contribution in [1.82, 2.24) is 30.1 Å². The molecule has 12 heteroatoms. The molecule has 0 bridgehead atoms. The molecule has 44 heavy (non-hydrogen) atoms. The Labute approximate surface area is 257 Å². The van der Waals surface area contributed by atoms with Crippen molar-refractivity contribution < 1.29 is 23.5 Å². The topological polar surface area (TPSA) is 124 Å². The number of halogens is 1. The SMILES string of the molecule is CC(C)C(NC(=O)[C@H](C)N(C)C(=O)OC(C)(C)C)C(=O)N1CC[C@@H]2[C@H]1[C@@H](c1c[nH]c3cc(F)ccc13)CN2c1ncccn1. The van der Waals surface area contributed by atoms with E-state index >= 15 is 0 Å². The number of carbonyl (C=O) groups is 3. The fourth-order valence-electron chi connectivity index (χ4n) is 6.35. The van der Waals surface area contributed by atoms with Crippen LogP contribution in [0, 0.1) is 11.7 Å². The lowest BCUT2D eigenvalue weighted by Crippen LogP contribution is -2.57. The van der Waals surface area contributed by atoms with Gasteiger partial charge in [-0.3, -0.25) is 14.5 Å². The number of likely N-dealkylation sites (N-methyl/N-ethyl adjacent to an activating group) is 1. The first-order chi connectivity index (χ1) is 20.8. The predicted molar refractivity (Wildman–Crippen MR) is 165 cm³/mol. The van der Waals surface area contributed by atoms with Crippen LogP contribution in [0.3, 0.4) is 0 Å². The number of hydrogen-bond donors (Lipinski definition) is 2. The van der Waals surface area contributed by atoms with Crippen LogP contribution >= 0.6 is 0 Å². The Morgan fingerprint density at radius 1 is 1.16 bits per heavy atom. The minimum atomic E-state index is -0.859. The number of amides is 3. The first-order valence-corrected chi connectivity index (χ1v) is 15.1. The number of aromatic nitrogens is 3. The molecule has 2 aliphatic heterocycles. The fourth-order valence-corrected chi connectivity index (χ4v) is 6.35. The summed E-state index contributed by atoms with van der Waals surface area (Å²) in [6.45, 7) is 11.7. The third-order valence-corrected chi connectivity index (χ3v) is 8.67. The maximum absolute atomic E-state index is 14.3. The monoisotopic (exact) mass is 607 g/mol. The number of benzene rings is 1. The first kappa shape index (κ1) is 31.2. The van der Waals surface area contributed by atoms with Gasteiger partial charge in [0, 0.05) is 55.5 Å². The summed E-state index contributed by atoms with van der Waals surface area (Å²) in [5, 5.41) is 3.83. The molecule has 5 atom stereocenters. The van der Waals surface area contributed by atoms with Gasteiger partial charge in [-0.1, -0.05) is 13.8 Å². The van der Waals surface area contributed by atoms with Crippen molar-refractivity contribution in [2.24, 2.45) is 5.92 Å². The van der Waals surface area contributed by atoms with Crippen LogP contribution in [-0.4, -0.2) is 92.6 Å². The average Bonchev–Trinajstić information content (AvgIpc) is 3.68. The smallest absolute Gasteiger partial charge is 0.410 e. The van der Waals surface area contributed by atoms with Gasteiger partial charge in [0.05, 0.1) is 12.1 Å². The molecule has 0 saturated carbocycles. The van der Waals surface area contributed by atoms with Crippen molar-refractivity contribution >= 4 is 34.8 Å². The molecule has 5 rings (SSSR count). The lowest BCUT2D eigenvalue weighted by Gasteiger charge is -2.34. The van der Waals surface area contributed by atoms with Crippen LogP contribution in [0.15, 0.2) is 42.9 Å². The molecule has 236 valence electrons. The number of hydrogen-bond acceptors (Lipinski definition) is 7. The van der Waals surface area contributed by atoms with Gasteiger partial charge in [-0.15, -0.1) is 0 Å². The number of ether oxygens (including phenoxy) is 1. The van der Waals surface area contributed by atoms with Gasteiger partial charge in [-0.2, -0.15) is 0 Å². The number of H-pyrrole nitrogens is 1. The zero-order valence-electron chi connectivity index (χ0n) is 26.4. The predicted octanol–water partition coefficient (Wildman–Crippen LogP) is 4.07. The summed E-state index contributed by atoms with van der Waals surface area (Å²) in [6, 6.07) is 4.52. The van der Waals surface area contributed by atoms with Crippen molar-refractivity contribution in [2.75, 3.05) is 25.0 Å². The summed E-state index contributed by atoms with van der Waals surface area (Å²) < 4.78 is 19.4. The summed E-state index contributed by atoms with van der Waals surface area (Å²) in [4.78, 5) is 57.8. The molecule has 1 aromatic carbocycles. The van der Waals surface area contributed by atoms with Crippen LogP contribution in [0.4, 0.5) is 15.1 Å². The highest BCUT2D eigenvalue weighted by Gasteiger charge is 2.53. The number of rotatable bonds is 7. The Hall–Kier alpha value is -4.22.